The van der Waals surface area contributed by atoms with E-state index in [-0.39, 0.29) is 0 Å². The van der Waals surface area contributed by atoms with Gasteiger partial charge in [-0.15, -0.1) is 18.9 Å². The predicted octanol–water partition coefficient (Wildman–Crippen LogP) is 2.59. The molecule has 0 spiro atoms. The summed E-state index contributed by atoms with van der Waals surface area (Å²) in [6.45, 7) is 3.71. The first-order valence-electron chi connectivity index (χ1n) is 3.99. The zero-order valence-electron chi connectivity index (χ0n) is 7.09. The zero-order chi connectivity index (χ0) is 8.81. The van der Waals surface area contributed by atoms with E-state index in [0.717, 1.165) is 6.42 Å². The second-order valence-electron chi connectivity index (χ2n) is 2.64. The van der Waals surface area contributed by atoms with E-state index >= 15 is 0 Å². The highest BCUT2D eigenvalue weighted by Crippen LogP contribution is 2.09. The van der Waals surface area contributed by atoms with Crippen molar-refractivity contribution < 1.29 is 0 Å². The number of rotatable bonds is 3. The maximum atomic E-state index is 5.25. The third-order valence-corrected chi connectivity index (χ3v) is 1.78. The highest BCUT2D eigenvalue weighted by Gasteiger charge is 1.96. The Kier molecular flexibility index (Phi) is 3.17. The lowest BCUT2D eigenvalue weighted by Crippen LogP contribution is -1.90. The van der Waals surface area contributed by atoms with Crippen LogP contribution >= 0.6 is 0 Å². The molecule has 1 rings (SSSR count). The van der Waals surface area contributed by atoms with Crippen molar-refractivity contribution in [3.63, 3.8) is 0 Å². The van der Waals surface area contributed by atoms with Crippen molar-refractivity contribution in [2.24, 2.45) is 0 Å². The molecule has 1 aromatic carbocycles. The quantitative estimate of drug-likeness (QED) is 0.466. The van der Waals surface area contributed by atoms with Crippen LogP contribution in [-0.4, -0.2) is 0 Å². The largest absolute Gasteiger partial charge is 0.120 e. The molecule has 60 valence electrons. The van der Waals surface area contributed by atoms with E-state index in [1.165, 1.54) is 11.1 Å². The van der Waals surface area contributed by atoms with E-state index in [9.17, 15) is 0 Å². The van der Waals surface area contributed by atoms with Crippen LogP contribution in [0.2, 0.25) is 0 Å². The number of benzene rings is 1. The molecule has 0 atom stereocenters. The molecule has 0 heterocycles. The predicted molar refractivity (Wildman–Crippen MR) is 52.9 cm³/mol. The van der Waals surface area contributed by atoms with Gasteiger partial charge in [0, 0.05) is 6.42 Å². The summed E-state index contributed by atoms with van der Waals surface area (Å²) in [5.41, 5.74) is 2.52. The monoisotopic (exact) mass is 156 g/mol. The molecule has 12 heavy (non-hydrogen) atoms. The number of terminal acetylenes is 1. The van der Waals surface area contributed by atoms with Crippen LogP contribution in [0.4, 0.5) is 0 Å². The lowest BCUT2D eigenvalue weighted by molar-refractivity contribution is 1.17. The Morgan fingerprint density at radius 3 is 2.58 bits per heavy atom. The molecule has 1 aromatic rings. The molecule has 0 saturated carbocycles. The van der Waals surface area contributed by atoms with Gasteiger partial charge in [0.15, 0.2) is 0 Å². The third-order valence-electron chi connectivity index (χ3n) is 1.78. The van der Waals surface area contributed by atoms with Crippen molar-refractivity contribution in [1.29, 1.82) is 0 Å². The third kappa shape index (κ3) is 2.00. The van der Waals surface area contributed by atoms with Crippen molar-refractivity contribution in [3.8, 4) is 12.3 Å². The lowest BCUT2D eigenvalue weighted by atomic mass is 10.0. The molecule has 0 bridgehead atoms. The van der Waals surface area contributed by atoms with Gasteiger partial charge in [0.25, 0.3) is 0 Å². The summed E-state index contributed by atoms with van der Waals surface area (Å²) in [4.78, 5) is 0. The minimum atomic E-state index is 0.712. The summed E-state index contributed by atoms with van der Waals surface area (Å²) in [6, 6.07) is 8.20. The van der Waals surface area contributed by atoms with Gasteiger partial charge >= 0.3 is 0 Å². The second kappa shape index (κ2) is 4.41. The van der Waals surface area contributed by atoms with Crippen molar-refractivity contribution in [1.82, 2.24) is 0 Å². The van der Waals surface area contributed by atoms with Crippen molar-refractivity contribution in [3.05, 3.63) is 48.0 Å². The fourth-order valence-corrected chi connectivity index (χ4v) is 1.19. The van der Waals surface area contributed by atoms with E-state index in [2.05, 4.69) is 24.6 Å². The molecule has 0 amide bonds. The van der Waals surface area contributed by atoms with Crippen LogP contribution < -0.4 is 0 Å². The molecule has 0 aliphatic rings. The molecule has 0 aromatic heterocycles. The van der Waals surface area contributed by atoms with Gasteiger partial charge in [-0.1, -0.05) is 30.3 Å². The molecule has 0 unspecified atom stereocenters. The molecule has 0 radical (unpaired) electrons. The van der Waals surface area contributed by atoms with E-state index in [1.54, 1.807) is 0 Å². The number of hydrogen-bond donors (Lipinski definition) is 0. The molecule has 0 saturated heterocycles. The van der Waals surface area contributed by atoms with E-state index in [4.69, 9.17) is 6.42 Å². The highest BCUT2D eigenvalue weighted by molar-refractivity contribution is 5.31. The maximum Gasteiger partial charge on any atom is 0.0340 e. The molecule has 0 N–H and O–H groups in total. The minimum Gasteiger partial charge on any atom is -0.120 e. The van der Waals surface area contributed by atoms with Crippen LogP contribution in [0.15, 0.2) is 36.9 Å². The number of hydrogen-bond acceptors (Lipinski definition) is 0. The average molecular weight is 156 g/mol. The van der Waals surface area contributed by atoms with E-state index < -0.39 is 0 Å². The lowest BCUT2D eigenvalue weighted by Gasteiger charge is -2.02. The van der Waals surface area contributed by atoms with Crippen molar-refractivity contribution in [2.75, 3.05) is 0 Å². The minimum absolute atomic E-state index is 0.712. The van der Waals surface area contributed by atoms with Crippen LogP contribution in [0, 0.1) is 12.3 Å². The summed E-state index contributed by atoms with van der Waals surface area (Å²) in [5.74, 6) is 2.65. The topological polar surface area (TPSA) is 0 Å². The Bertz CT molecular complexity index is 302. The van der Waals surface area contributed by atoms with Gasteiger partial charge in [-0.05, 0) is 17.5 Å². The Hall–Kier alpha value is -1.48. The highest BCUT2D eigenvalue weighted by atomic mass is 14.0. The second-order valence-corrected chi connectivity index (χ2v) is 2.64. The first-order chi connectivity index (χ1) is 5.88. The van der Waals surface area contributed by atoms with Gasteiger partial charge in [-0.2, -0.15) is 0 Å². The molecular formula is C12H12. The van der Waals surface area contributed by atoms with Crippen LogP contribution in [0.3, 0.4) is 0 Å². The van der Waals surface area contributed by atoms with Gasteiger partial charge in [-0.25, -0.2) is 0 Å². The first-order valence-corrected chi connectivity index (χ1v) is 3.99. The summed E-state index contributed by atoms with van der Waals surface area (Å²) in [5, 5.41) is 0. The van der Waals surface area contributed by atoms with Gasteiger partial charge in [-0.3, -0.25) is 0 Å². The van der Waals surface area contributed by atoms with Gasteiger partial charge in [0.2, 0.25) is 0 Å². The van der Waals surface area contributed by atoms with Crippen LogP contribution in [-0.2, 0) is 12.8 Å². The SMILES string of the molecule is C#CCc1ccccc1CC=C. The van der Waals surface area contributed by atoms with Crippen LogP contribution in [0.1, 0.15) is 11.1 Å². The van der Waals surface area contributed by atoms with Crippen LogP contribution in [0.5, 0.6) is 0 Å². The Morgan fingerprint density at radius 1 is 1.33 bits per heavy atom. The Morgan fingerprint density at radius 2 is 2.00 bits per heavy atom. The molecule has 0 aliphatic carbocycles. The normalized spacial score (nSPS) is 8.92. The van der Waals surface area contributed by atoms with E-state index in [1.807, 2.05) is 18.2 Å². The van der Waals surface area contributed by atoms with Crippen LogP contribution in [0.25, 0.3) is 0 Å². The van der Waals surface area contributed by atoms with Crippen molar-refractivity contribution in [2.45, 2.75) is 12.8 Å². The molecule has 0 heteroatoms. The van der Waals surface area contributed by atoms with Gasteiger partial charge in [0.1, 0.15) is 0 Å². The molecule has 0 fully saturated rings. The van der Waals surface area contributed by atoms with Crippen molar-refractivity contribution >= 4 is 0 Å². The summed E-state index contributed by atoms with van der Waals surface area (Å²) < 4.78 is 0. The zero-order valence-corrected chi connectivity index (χ0v) is 7.09. The fourth-order valence-electron chi connectivity index (χ4n) is 1.19. The summed E-state index contributed by atoms with van der Waals surface area (Å²) in [6.07, 6.45) is 8.76. The summed E-state index contributed by atoms with van der Waals surface area (Å²) >= 11 is 0. The first kappa shape index (κ1) is 8.62. The average Bonchev–Trinajstić information content (AvgIpc) is 2.09. The Labute approximate surface area is 73.9 Å². The van der Waals surface area contributed by atoms with Gasteiger partial charge < -0.3 is 0 Å². The van der Waals surface area contributed by atoms with E-state index in [0.29, 0.717) is 6.42 Å². The number of allylic oxidation sites excluding steroid dienone is 1. The van der Waals surface area contributed by atoms with Gasteiger partial charge in [0.05, 0.1) is 0 Å². The summed E-state index contributed by atoms with van der Waals surface area (Å²) in [7, 11) is 0. The maximum absolute atomic E-state index is 5.25. The standard InChI is InChI=1S/C12H12/c1-3-7-11-9-5-6-10-12(11)8-4-2/h1,4-6,9-10H,2,7-8H2. The molecular weight excluding hydrogens is 144 g/mol. The molecule has 0 nitrogen and oxygen atoms in total. The molecule has 0 aliphatic heterocycles. The smallest absolute Gasteiger partial charge is 0.0340 e. The Balaban J connectivity index is 2.93. The fraction of sp³-hybridized carbons (Fsp3) is 0.167.